The summed E-state index contributed by atoms with van der Waals surface area (Å²) in [6.07, 6.45) is 0. The summed E-state index contributed by atoms with van der Waals surface area (Å²) in [4.78, 5) is 36.9. The number of Topliss-reactive ketones (excluding diaryl/α,β-unsaturated/α-hetero) is 1. The van der Waals surface area contributed by atoms with E-state index < -0.39 is 23.6 Å². The number of carbonyl (C=O) groups is 3. The van der Waals surface area contributed by atoms with E-state index in [0.29, 0.717) is 16.9 Å². The summed E-state index contributed by atoms with van der Waals surface area (Å²) in [5.41, 5.74) is 1.01. The molecular formula is C18H10O5. The normalized spacial score (nSPS) is 22.8. The van der Waals surface area contributed by atoms with Crippen molar-refractivity contribution in [1.82, 2.24) is 0 Å². The van der Waals surface area contributed by atoms with Gasteiger partial charge >= 0.3 is 11.9 Å². The van der Waals surface area contributed by atoms with Crippen LogP contribution in [0.4, 0.5) is 0 Å². The lowest BCUT2D eigenvalue weighted by molar-refractivity contribution is -0.136. The molecule has 1 unspecified atom stereocenters. The first kappa shape index (κ1) is 13.5. The maximum Gasteiger partial charge on any atom is 0.348 e. The molecule has 2 aliphatic heterocycles. The molecule has 0 bridgehead atoms. The summed E-state index contributed by atoms with van der Waals surface area (Å²) in [6, 6.07) is 15.3. The molecule has 1 saturated heterocycles. The van der Waals surface area contributed by atoms with Crippen molar-refractivity contribution in [2.24, 2.45) is 0 Å². The van der Waals surface area contributed by atoms with Crippen LogP contribution in [-0.2, 0) is 19.1 Å². The minimum atomic E-state index is -1.04. The minimum Gasteiger partial charge on any atom is -0.422 e. The number of cyclic esters (lactones) is 1. The molecule has 2 aromatic carbocycles. The third-order valence-electron chi connectivity index (χ3n) is 3.85. The fourth-order valence-electron chi connectivity index (χ4n) is 2.79. The standard InChI is InChI=1S/C18H10O5/c19-15-13(10-6-2-1-3-7-10)17(20)23-16(15)14-11-8-4-5-9-12(11)22-18(14)21/h1-9,13H. The van der Waals surface area contributed by atoms with E-state index in [1.165, 1.54) is 0 Å². The van der Waals surface area contributed by atoms with Gasteiger partial charge in [-0.15, -0.1) is 0 Å². The molecular weight excluding hydrogens is 296 g/mol. The van der Waals surface area contributed by atoms with Gasteiger partial charge in [0, 0.05) is 5.56 Å². The second-order valence-corrected chi connectivity index (χ2v) is 5.22. The van der Waals surface area contributed by atoms with Gasteiger partial charge in [-0.05, 0) is 11.6 Å². The van der Waals surface area contributed by atoms with Crippen molar-refractivity contribution in [3.8, 4) is 5.75 Å². The van der Waals surface area contributed by atoms with Gasteiger partial charge < -0.3 is 9.47 Å². The van der Waals surface area contributed by atoms with Gasteiger partial charge in [-0.2, -0.15) is 0 Å². The summed E-state index contributed by atoms with van der Waals surface area (Å²) in [7, 11) is 0. The third-order valence-corrected chi connectivity index (χ3v) is 3.85. The smallest absolute Gasteiger partial charge is 0.348 e. The van der Waals surface area contributed by atoms with Crippen LogP contribution in [0.25, 0.3) is 5.57 Å². The van der Waals surface area contributed by atoms with Crippen molar-refractivity contribution >= 4 is 23.3 Å². The number of carbonyl (C=O) groups excluding carboxylic acids is 3. The maximum atomic E-state index is 12.6. The molecule has 2 aromatic rings. The number of ketones is 1. The molecule has 0 saturated carbocycles. The van der Waals surface area contributed by atoms with Crippen LogP contribution in [0.1, 0.15) is 17.0 Å². The van der Waals surface area contributed by atoms with E-state index in [0.717, 1.165) is 0 Å². The second-order valence-electron chi connectivity index (χ2n) is 5.22. The Bertz CT molecular complexity index is 879. The molecule has 4 rings (SSSR count). The maximum absolute atomic E-state index is 12.6. The van der Waals surface area contributed by atoms with Gasteiger partial charge in [-0.25, -0.2) is 4.79 Å². The average Bonchev–Trinajstić information content (AvgIpc) is 3.03. The van der Waals surface area contributed by atoms with E-state index >= 15 is 0 Å². The van der Waals surface area contributed by atoms with Gasteiger partial charge in [-0.3, -0.25) is 9.59 Å². The summed E-state index contributed by atoms with van der Waals surface area (Å²) >= 11 is 0. The van der Waals surface area contributed by atoms with E-state index in [1.807, 2.05) is 0 Å². The predicted molar refractivity (Wildman–Crippen MR) is 79.3 cm³/mol. The first-order chi connectivity index (χ1) is 11.2. The largest absolute Gasteiger partial charge is 0.422 e. The second kappa shape index (κ2) is 4.91. The Morgan fingerprint density at radius 2 is 1.48 bits per heavy atom. The summed E-state index contributed by atoms with van der Waals surface area (Å²) < 4.78 is 10.3. The van der Waals surface area contributed by atoms with Gasteiger partial charge in [0.2, 0.25) is 5.78 Å². The molecule has 5 heteroatoms. The fraction of sp³-hybridized carbons (Fsp3) is 0.0556. The Labute approximate surface area is 131 Å². The molecule has 1 atom stereocenters. The van der Waals surface area contributed by atoms with Gasteiger partial charge in [0.1, 0.15) is 17.2 Å². The molecule has 2 heterocycles. The van der Waals surface area contributed by atoms with Crippen LogP contribution in [0.3, 0.4) is 0 Å². The van der Waals surface area contributed by atoms with E-state index in [1.54, 1.807) is 54.6 Å². The third kappa shape index (κ3) is 1.97. The fourth-order valence-corrected chi connectivity index (χ4v) is 2.79. The zero-order valence-electron chi connectivity index (χ0n) is 11.8. The lowest BCUT2D eigenvalue weighted by atomic mass is 9.94. The van der Waals surface area contributed by atoms with Crippen molar-refractivity contribution < 1.29 is 23.9 Å². The van der Waals surface area contributed by atoms with E-state index in [9.17, 15) is 14.4 Å². The molecule has 2 aliphatic rings. The molecule has 0 aromatic heterocycles. The number of rotatable bonds is 1. The summed E-state index contributed by atoms with van der Waals surface area (Å²) in [6.45, 7) is 0. The van der Waals surface area contributed by atoms with Crippen molar-refractivity contribution in [3.05, 3.63) is 71.5 Å². The number of benzene rings is 2. The summed E-state index contributed by atoms with van der Waals surface area (Å²) in [5.74, 6) is -2.81. The van der Waals surface area contributed by atoms with Gasteiger partial charge in [0.15, 0.2) is 5.76 Å². The van der Waals surface area contributed by atoms with Crippen molar-refractivity contribution in [2.75, 3.05) is 0 Å². The lowest BCUT2D eigenvalue weighted by Crippen LogP contribution is -2.13. The number of hydrogen-bond acceptors (Lipinski definition) is 5. The van der Waals surface area contributed by atoms with Crippen LogP contribution in [0.5, 0.6) is 5.75 Å². The molecule has 0 amide bonds. The molecule has 0 N–H and O–H groups in total. The quantitative estimate of drug-likeness (QED) is 0.350. The van der Waals surface area contributed by atoms with Crippen molar-refractivity contribution in [1.29, 1.82) is 0 Å². The topological polar surface area (TPSA) is 69.7 Å². The first-order valence-corrected chi connectivity index (χ1v) is 7.03. The lowest BCUT2D eigenvalue weighted by Gasteiger charge is -2.02. The van der Waals surface area contributed by atoms with Crippen LogP contribution in [0.2, 0.25) is 0 Å². The van der Waals surface area contributed by atoms with Crippen LogP contribution in [0, 0.1) is 0 Å². The number of ether oxygens (including phenoxy) is 2. The SMILES string of the molecule is O=C1Oc2ccccc2C1=C1OC(=O)C(c2ccccc2)C1=O. The Morgan fingerprint density at radius 1 is 0.783 bits per heavy atom. The van der Waals surface area contributed by atoms with Crippen LogP contribution >= 0.6 is 0 Å². The van der Waals surface area contributed by atoms with Crippen LogP contribution < -0.4 is 4.74 Å². The Hall–Kier alpha value is -3.21. The Morgan fingerprint density at radius 3 is 2.26 bits per heavy atom. The molecule has 112 valence electrons. The minimum absolute atomic E-state index is 0.0115. The first-order valence-electron chi connectivity index (χ1n) is 7.03. The number of allylic oxidation sites excluding steroid dienone is 1. The highest BCUT2D eigenvalue weighted by atomic mass is 16.6. The van der Waals surface area contributed by atoms with E-state index in [2.05, 4.69) is 0 Å². The highest BCUT2D eigenvalue weighted by molar-refractivity contribution is 6.31. The van der Waals surface area contributed by atoms with Gasteiger partial charge in [0.05, 0.1) is 0 Å². The van der Waals surface area contributed by atoms with Crippen LogP contribution in [-0.4, -0.2) is 17.7 Å². The number of para-hydroxylation sites is 1. The van der Waals surface area contributed by atoms with Gasteiger partial charge in [0.25, 0.3) is 0 Å². The molecule has 0 radical (unpaired) electrons. The zero-order chi connectivity index (χ0) is 16.0. The molecule has 23 heavy (non-hydrogen) atoms. The van der Waals surface area contributed by atoms with Gasteiger partial charge in [-0.1, -0.05) is 48.5 Å². The van der Waals surface area contributed by atoms with Crippen molar-refractivity contribution in [3.63, 3.8) is 0 Å². The van der Waals surface area contributed by atoms with Crippen LogP contribution in [0.15, 0.2) is 60.4 Å². The number of hydrogen-bond donors (Lipinski definition) is 0. The molecule has 1 fully saturated rings. The highest BCUT2D eigenvalue weighted by Crippen LogP contribution is 2.40. The highest BCUT2D eigenvalue weighted by Gasteiger charge is 2.46. The average molecular weight is 306 g/mol. The predicted octanol–water partition coefficient (Wildman–Crippen LogP) is 2.23. The van der Waals surface area contributed by atoms with E-state index in [-0.39, 0.29) is 11.3 Å². The number of esters is 2. The molecule has 0 spiro atoms. The summed E-state index contributed by atoms with van der Waals surface area (Å²) in [5, 5.41) is 0. The molecule has 5 nitrogen and oxygen atoms in total. The van der Waals surface area contributed by atoms with E-state index in [4.69, 9.17) is 9.47 Å². The monoisotopic (exact) mass is 306 g/mol. The Kier molecular flexibility index (Phi) is 2.87. The van der Waals surface area contributed by atoms with Crippen molar-refractivity contribution in [2.45, 2.75) is 5.92 Å². The molecule has 0 aliphatic carbocycles. The zero-order valence-corrected chi connectivity index (χ0v) is 11.8. The number of fused-ring (bicyclic) bond motifs is 1. The Balaban J connectivity index is 1.84.